The number of esters is 1. The summed E-state index contributed by atoms with van der Waals surface area (Å²) in [5.74, 6) is -1.00. The molecule has 1 aliphatic heterocycles. The van der Waals surface area contributed by atoms with Crippen molar-refractivity contribution >= 4 is 14.3 Å². The van der Waals surface area contributed by atoms with Gasteiger partial charge in [0.25, 0.3) is 0 Å². The zero-order chi connectivity index (χ0) is 30.1. The third kappa shape index (κ3) is 3.29. The van der Waals surface area contributed by atoms with Gasteiger partial charge in [0.05, 0.1) is 18.3 Å². The highest BCUT2D eigenvalue weighted by atomic mass is 28.4. The van der Waals surface area contributed by atoms with Gasteiger partial charge in [0.15, 0.2) is 13.9 Å². The lowest BCUT2D eigenvalue weighted by atomic mass is 9.40. The van der Waals surface area contributed by atoms with Crippen LogP contribution in [0.3, 0.4) is 0 Å². The zero-order valence-electron chi connectivity index (χ0n) is 26.7. The number of likely N-dealkylation sites (tertiary alicyclic amines) is 1. The summed E-state index contributed by atoms with van der Waals surface area (Å²) in [6, 6.07) is -0.0553. The number of rotatable bonds is 8. The maximum Gasteiger partial charge on any atom is 0.303 e. The van der Waals surface area contributed by atoms with Gasteiger partial charge in [-0.05, 0) is 62.7 Å². The molecule has 1 spiro atoms. The molecule has 0 aromatic rings. The number of carbonyl (C=O) groups is 1. The highest BCUT2D eigenvalue weighted by Crippen LogP contribution is 2.81. The molecule has 7 bridgehead atoms. The molecule has 234 valence electrons. The number of hydrogen-bond donors (Lipinski definition) is 2. The summed E-state index contributed by atoms with van der Waals surface area (Å²) in [5.41, 5.74) is -2.93. The summed E-state index contributed by atoms with van der Waals surface area (Å²) in [6.07, 6.45) is -0.963. The van der Waals surface area contributed by atoms with E-state index in [1.54, 1.807) is 14.2 Å². The third-order valence-corrected chi connectivity index (χ3v) is 14.1. The molecular formula is C31H53NO8Si. The van der Waals surface area contributed by atoms with Crippen LogP contribution in [0.5, 0.6) is 0 Å². The summed E-state index contributed by atoms with van der Waals surface area (Å²) in [4.78, 5) is 15.7. The molecule has 9 nitrogen and oxygen atoms in total. The standard InChI is InChI=1S/C31H53NO8Si/c1-11-28-15-32(12-2)24-21-22(37-6)23(28)30(24,19(36-5)13-16(28)3)18-14-29(40-41(8,9)10)25(34)20(18)31(21,39-17(4)33)26(35)27(29)38-7/h16,18-27,34-35H,11-15H2,1-10H3/t16-,18+,19+,20?,21?,22?,23?,24?,25-,26+,27+,28?,29-,30?,31-/m1/s1. The Morgan fingerprint density at radius 3 is 2.22 bits per heavy atom. The average Bonchev–Trinajstić information content (AvgIpc) is 3.25. The molecule has 0 aromatic carbocycles. The quantitative estimate of drug-likeness (QED) is 0.324. The minimum atomic E-state index is -2.25. The lowest BCUT2D eigenvalue weighted by molar-refractivity contribution is -0.317. The van der Waals surface area contributed by atoms with Gasteiger partial charge < -0.3 is 33.6 Å². The Bertz CT molecular complexity index is 1070. The van der Waals surface area contributed by atoms with Crippen LogP contribution in [0.15, 0.2) is 0 Å². The molecule has 0 amide bonds. The molecule has 6 rings (SSSR count). The molecule has 6 aliphatic rings. The summed E-state index contributed by atoms with van der Waals surface area (Å²) in [7, 11) is 2.93. The number of methoxy groups -OCH3 is 3. The van der Waals surface area contributed by atoms with E-state index in [1.807, 2.05) is 7.11 Å². The van der Waals surface area contributed by atoms with Gasteiger partial charge in [-0.25, -0.2) is 0 Å². The molecule has 15 atom stereocenters. The largest absolute Gasteiger partial charge is 0.455 e. The number of fused-ring (bicyclic) bond motifs is 2. The van der Waals surface area contributed by atoms with E-state index in [9.17, 15) is 15.0 Å². The molecule has 2 N–H and O–H groups in total. The van der Waals surface area contributed by atoms with Gasteiger partial charge in [-0.2, -0.15) is 0 Å². The first-order valence-corrected chi connectivity index (χ1v) is 19.2. The fourth-order valence-corrected chi connectivity index (χ4v) is 14.0. The van der Waals surface area contributed by atoms with E-state index in [2.05, 4.69) is 45.3 Å². The minimum Gasteiger partial charge on any atom is -0.455 e. The lowest BCUT2D eigenvalue weighted by Crippen LogP contribution is -2.81. The number of piperidine rings is 1. The monoisotopic (exact) mass is 595 g/mol. The van der Waals surface area contributed by atoms with Gasteiger partial charge in [0.2, 0.25) is 0 Å². The lowest BCUT2D eigenvalue weighted by Gasteiger charge is -2.71. The van der Waals surface area contributed by atoms with Gasteiger partial charge in [-0.15, -0.1) is 0 Å². The molecule has 6 fully saturated rings. The van der Waals surface area contributed by atoms with E-state index in [0.717, 1.165) is 25.9 Å². The topological polar surface area (TPSA) is 107 Å². The first kappa shape index (κ1) is 30.4. The summed E-state index contributed by atoms with van der Waals surface area (Å²) < 4.78 is 32.8. The Morgan fingerprint density at radius 1 is 1.02 bits per heavy atom. The van der Waals surface area contributed by atoms with Crippen molar-refractivity contribution in [3.05, 3.63) is 0 Å². The predicted octanol–water partition coefficient (Wildman–Crippen LogP) is 2.68. The second kappa shape index (κ2) is 9.46. The van der Waals surface area contributed by atoms with E-state index in [0.29, 0.717) is 12.3 Å². The Labute approximate surface area is 246 Å². The number of aliphatic hydroxyl groups excluding tert-OH is 2. The average molecular weight is 596 g/mol. The van der Waals surface area contributed by atoms with Crippen molar-refractivity contribution in [2.75, 3.05) is 34.4 Å². The van der Waals surface area contributed by atoms with Crippen molar-refractivity contribution in [2.24, 2.45) is 40.4 Å². The molecule has 1 heterocycles. The minimum absolute atomic E-state index is 0.0472. The van der Waals surface area contributed by atoms with Crippen LogP contribution in [0.25, 0.3) is 0 Å². The van der Waals surface area contributed by atoms with Crippen molar-refractivity contribution in [1.82, 2.24) is 4.90 Å². The van der Waals surface area contributed by atoms with Crippen molar-refractivity contribution in [3.8, 4) is 0 Å². The van der Waals surface area contributed by atoms with Gasteiger partial charge >= 0.3 is 5.97 Å². The van der Waals surface area contributed by atoms with Gasteiger partial charge in [0.1, 0.15) is 17.8 Å². The van der Waals surface area contributed by atoms with Crippen LogP contribution in [0, 0.1) is 40.4 Å². The normalized spacial score (nSPS) is 55.3. The number of aliphatic hydroxyl groups is 2. The zero-order valence-corrected chi connectivity index (χ0v) is 27.7. The molecule has 5 saturated carbocycles. The second-order valence-electron chi connectivity index (χ2n) is 15.2. The molecule has 7 unspecified atom stereocenters. The van der Waals surface area contributed by atoms with E-state index in [1.165, 1.54) is 6.92 Å². The molecule has 1 saturated heterocycles. The van der Waals surface area contributed by atoms with Crippen molar-refractivity contribution in [2.45, 2.75) is 114 Å². The van der Waals surface area contributed by atoms with Crippen LogP contribution in [0.4, 0.5) is 0 Å². The smallest absolute Gasteiger partial charge is 0.303 e. The number of hydrogen-bond acceptors (Lipinski definition) is 9. The summed E-state index contributed by atoms with van der Waals surface area (Å²) in [6.45, 7) is 16.4. The van der Waals surface area contributed by atoms with Gasteiger partial charge in [-0.3, -0.25) is 9.69 Å². The fraction of sp³-hybridized carbons (Fsp3) is 0.968. The number of nitrogens with zero attached hydrogens (tertiary/aromatic N) is 1. The first-order valence-electron chi connectivity index (χ1n) is 15.8. The molecular weight excluding hydrogens is 542 g/mol. The maximum atomic E-state index is 13.1. The Balaban J connectivity index is 1.72. The second-order valence-corrected chi connectivity index (χ2v) is 19.6. The van der Waals surface area contributed by atoms with Crippen molar-refractivity contribution in [3.63, 3.8) is 0 Å². The van der Waals surface area contributed by atoms with E-state index in [-0.39, 0.29) is 46.8 Å². The van der Waals surface area contributed by atoms with E-state index >= 15 is 0 Å². The van der Waals surface area contributed by atoms with E-state index in [4.69, 9.17) is 23.4 Å². The molecule has 41 heavy (non-hydrogen) atoms. The number of carbonyl (C=O) groups excluding carboxylic acids is 1. The molecule has 0 aromatic heterocycles. The van der Waals surface area contributed by atoms with Crippen LogP contribution < -0.4 is 0 Å². The molecule has 0 radical (unpaired) electrons. The fourth-order valence-electron chi connectivity index (χ4n) is 12.6. The molecule has 5 aliphatic carbocycles. The summed E-state index contributed by atoms with van der Waals surface area (Å²) >= 11 is 0. The van der Waals surface area contributed by atoms with Gasteiger partial charge in [-0.1, -0.05) is 20.8 Å². The van der Waals surface area contributed by atoms with Crippen LogP contribution in [0.1, 0.15) is 47.0 Å². The van der Waals surface area contributed by atoms with Crippen LogP contribution in [0.2, 0.25) is 19.6 Å². The van der Waals surface area contributed by atoms with Gasteiger partial charge in [0, 0.05) is 64.0 Å². The molecule has 10 heteroatoms. The Kier molecular flexibility index (Phi) is 7.02. The highest BCUT2D eigenvalue weighted by molar-refractivity contribution is 6.69. The summed E-state index contributed by atoms with van der Waals surface area (Å²) in [5, 5.41) is 25.2. The number of ether oxygens (including phenoxy) is 4. The SMILES string of the molecule is CCN1CC2(CC)C3C(OC)C4C1C3([C@@H](OC)C[C@H]2C)[C@H]1C[C@@]2(O[Si](C)(C)C)[C@H](O)C1[C@]4(OC(C)=O)[C@@H](O)[C@@H]2OC. The Morgan fingerprint density at radius 2 is 1.71 bits per heavy atom. The third-order valence-electron chi connectivity index (χ3n) is 13.1. The van der Waals surface area contributed by atoms with Crippen molar-refractivity contribution < 1.29 is 38.4 Å². The predicted molar refractivity (Wildman–Crippen MR) is 155 cm³/mol. The van der Waals surface area contributed by atoms with Crippen LogP contribution in [-0.2, 0) is 28.2 Å². The van der Waals surface area contributed by atoms with E-state index < -0.39 is 49.7 Å². The van der Waals surface area contributed by atoms with Crippen LogP contribution >= 0.6 is 0 Å². The highest BCUT2D eigenvalue weighted by Gasteiger charge is 2.91. The van der Waals surface area contributed by atoms with Crippen molar-refractivity contribution in [1.29, 1.82) is 0 Å². The first-order chi connectivity index (χ1) is 19.2. The van der Waals surface area contributed by atoms with Crippen LogP contribution in [-0.4, -0.2) is 112 Å². The maximum absolute atomic E-state index is 13.1. The Hall–Kier alpha value is -0.593.